The van der Waals surface area contributed by atoms with Crippen molar-refractivity contribution in [3.05, 3.63) is 64.4 Å². The van der Waals surface area contributed by atoms with Gasteiger partial charge in [-0.15, -0.1) is 0 Å². The van der Waals surface area contributed by atoms with Crippen LogP contribution in [0.3, 0.4) is 0 Å². The molecule has 0 spiro atoms. The lowest BCUT2D eigenvalue weighted by atomic mass is 10.0. The number of hydrogen-bond donors (Lipinski definition) is 2. The first-order valence-corrected chi connectivity index (χ1v) is 7.14. The van der Waals surface area contributed by atoms with Gasteiger partial charge >= 0.3 is 0 Å². The topological polar surface area (TPSA) is 71.8 Å². The summed E-state index contributed by atoms with van der Waals surface area (Å²) in [5, 5.41) is 0.950. The van der Waals surface area contributed by atoms with Gasteiger partial charge < -0.3 is 10.7 Å². The van der Waals surface area contributed by atoms with Gasteiger partial charge in [-0.2, -0.15) is 0 Å². The molecule has 0 atom stereocenters. The van der Waals surface area contributed by atoms with E-state index in [9.17, 15) is 4.79 Å². The van der Waals surface area contributed by atoms with E-state index >= 15 is 0 Å². The molecule has 0 saturated heterocycles. The van der Waals surface area contributed by atoms with E-state index in [1.54, 1.807) is 12.3 Å². The van der Waals surface area contributed by atoms with Crippen molar-refractivity contribution >= 4 is 44.5 Å². The van der Waals surface area contributed by atoms with E-state index in [0.717, 1.165) is 26.6 Å². The molecule has 0 fully saturated rings. The maximum Gasteiger partial charge on any atom is 0.249 e. The van der Waals surface area contributed by atoms with Crippen molar-refractivity contribution in [2.75, 3.05) is 0 Å². The Bertz CT molecular complexity index is 851. The number of nitrogens with one attached hydrogen (secondary N) is 1. The normalized spacial score (nSPS) is 11.8. The summed E-state index contributed by atoms with van der Waals surface area (Å²) in [6.45, 7) is 0. The van der Waals surface area contributed by atoms with Crippen LogP contribution in [-0.2, 0) is 4.79 Å². The van der Waals surface area contributed by atoms with Crippen LogP contribution in [0.15, 0.2) is 53.3 Å². The molecule has 5 heteroatoms. The number of primary amides is 1. The number of benzene rings is 1. The third-order valence-corrected chi connectivity index (χ3v) is 3.68. The number of H-pyrrole nitrogens is 1. The summed E-state index contributed by atoms with van der Waals surface area (Å²) in [6, 6.07) is 11.3. The highest BCUT2D eigenvalue weighted by Crippen LogP contribution is 2.24. The molecule has 3 N–H and O–H groups in total. The summed E-state index contributed by atoms with van der Waals surface area (Å²) in [7, 11) is 0. The Morgan fingerprint density at radius 1 is 1.29 bits per heavy atom. The average Bonchev–Trinajstić information content (AvgIpc) is 2.87. The van der Waals surface area contributed by atoms with Gasteiger partial charge in [0.05, 0.1) is 0 Å². The number of pyridine rings is 1. The monoisotopic (exact) mass is 341 g/mol. The summed E-state index contributed by atoms with van der Waals surface area (Å²) in [5.41, 5.74) is 8.42. The molecule has 0 radical (unpaired) electrons. The van der Waals surface area contributed by atoms with Gasteiger partial charge in [-0.1, -0.05) is 28.1 Å². The van der Waals surface area contributed by atoms with E-state index in [4.69, 9.17) is 5.73 Å². The molecular formula is C16H12BrN3O. The number of aromatic amines is 1. The maximum absolute atomic E-state index is 11.8. The van der Waals surface area contributed by atoms with Gasteiger partial charge in [-0.3, -0.25) is 4.79 Å². The zero-order valence-electron chi connectivity index (χ0n) is 11.0. The van der Waals surface area contributed by atoms with Crippen LogP contribution >= 0.6 is 15.9 Å². The van der Waals surface area contributed by atoms with Gasteiger partial charge in [-0.25, -0.2) is 4.98 Å². The van der Waals surface area contributed by atoms with E-state index in [1.165, 1.54) is 0 Å². The second-order valence-corrected chi connectivity index (χ2v) is 5.49. The van der Waals surface area contributed by atoms with Crippen LogP contribution in [0.4, 0.5) is 0 Å². The molecule has 0 aliphatic heterocycles. The maximum atomic E-state index is 11.8. The largest absolute Gasteiger partial charge is 0.366 e. The lowest BCUT2D eigenvalue weighted by Crippen LogP contribution is -2.12. The first kappa shape index (κ1) is 13.6. The average molecular weight is 342 g/mol. The minimum absolute atomic E-state index is 0.459. The molecule has 21 heavy (non-hydrogen) atoms. The van der Waals surface area contributed by atoms with Gasteiger partial charge in [0, 0.05) is 33.4 Å². The van der Waals surface area contributed by atoms with Gasteiger partial charge in [0.25, 0.3) is 0 Å². The van der Waals surface area contributed by atoms with E-state index in [0.29, 0.717) is 5.57 Å². The number of rotatable bonds is 3. The summed E-state index contributed by atoms with van der Waals surface area (Å²) >= 11 is 3.40. The quantitative estimate of drug-likeness (QED) is 0.717. The Balaban J connectivity index is 2.15. The van der Waals surface area contributed by atoms with E-state index < -0.39 is 5.91 Å². The zero-order valence-corrected chi connectivity index (χ0v) is 12.6. The van der Waals surface area contributed by atoms with Crippen molar-refractivity contribution in [3.63, 3.8) is 0 Å². The molecule has 0 saturated carbocycles. The Kier molecular flexibility index (Phi) is 3.58. The number of amides is 1. The molecule has 0 bridgehead atoms. The highest BCUT2D eigenvalue weighted by molar-refractivity contribution is 9.10. The van der Waals surface area contributed by atoms with Gasteiger partial charge in [0.2, 0.25) is 5.91 Å². The molecule has 2 aromatic heterocycles. The van der Waals surface area contributed by atoms with E-state index in [1.807, 2.05) is 42.6 Å². The zero-order chi connectivity index (χ0) is 14.8. The number of halogens is 1. The minimum atomic E-state index is -0.466. The number of aromatic nitrogens is 2. The molecular weight excluding hydrogens is 330 g/mol. The van der Waals surface area contributed by atoms with Crippen LogP contribution in [-0.4, -0.2) is 15.9 Å². The van der Waals surface area contributed by atoms with E-state index in [-0.39, 0.29) is 0 Å². The minimum Gasteiger partial charge on any atom is -0.366 e. The number of nitrogens with two attached hydrogens (primary N) is 1. The molecule has 1 amide bonds. The number of nitrogens with zero attached hydrogens (tertiary/aromatic N) is 1. The van der Waals surface area contributed by atoms with Crippen molar-refractivity contribution in [2.24, 2.45) is 5.73 Å². The standard InChI is InChI=1S/C16H12BrN3O/c17-12-4-1-3-10(7-12)14(15(18)21)8-11-9-20-16-13(11)5-2-6-19-16/h1-9H,(H2,18,21)(H,19,20). The van der Waals surface area contributed by atoms with Crippen LogP contribution in [0.25, 0.3) is 22.7 Å². The summed E-state index contributed by atoms with van der Waals surface area (Å²) in [6.07, 6.45) is 5.32. The van der Waals surface area contributed by atoms with Crippen LogP contribution < -0.4 is 5.73 Å². The summed E-state index contributed by atoms with van der Waals surface area (Å²) in [4.78, 5) is 19.1. The molecule has 104 valence electrons. The third-order valence-electron chi connectivity index (χ3n) is 3.18. The Morgan fingerprint density at radius 3 is 2.90 bits per heavy atom. The molecule has 3 aromatic rings. The van der Waals surface area contributed by atoms with Crippen LogP contribution in [0.1, 0.15) is 11.1 Å². The van der Waals surface area contributed by atoms with Crippen molar-refractivity contribution in [2.45, 2.75) is 0 Å². The van der Waals surface area contributed by atoms with Crippen LogP contribution in [0.5, 0.6) is 0 Å². The molecule has 2 heterocycles. The number of carbonyl (C=O) groups excluding carboxylic acids is 1. The first-order chi connectivity index (χ1) is 10.1. The first-order valence-electron chi connectivity index (χ1n) is 6.34. The lowest BCUT2D eigenvalue weighted by molar-refractivity contribution is -0.112. The fraction of sp³-hybridized carbons (Fsp3) is 0. The van der Waals surface area contributed by atoms with Crippen LogP contribution in [0, 0.1) is 0 Å². The fourth-order valence-corrected chi connectivity index (χ4v) is 2.60. The van der Waals surface area contributed by atoms with Gasteiger partial charge in [0.1, 0.15) is 5.65 Å². The second-order valence-electron chi connectivity index (χ2n) is 4.58. The highest BCUT2D eigenvalue weighted by Gasteiger charge is 2.11. The summed E-state index contributed by atoms with van der Waals surface area (Å²) < 4.78 is 0.896. The SMILES string of the molecule is NC(=O)C(=Cc1c[nH]c2ncccc12)c1cccc(Br)c1. The molecule has 0 aliphatic carbocycles. The smallest absolute Gasteiger partial charge is 0.249 e. The van der Waals surface area contributed by atoms with Gasteiger partial charge in [0.15, 0.2) is 0 Å². The Labute approximate surface area is 129 Å². The molecule has 4 nitrogen and oxygen atoms in total. The summed E-state index contributed by atoms with van der Waals surface area (Å²) in [5.74, 6) is -0.466. The van der Waals surface area contributed by atoms with Crippen molar-refractivity contribution in [1.82, 2.24) is 9.97 Å². The lowest BCUT2D eigenvalue weighted by Gasteiger charge is -2.04. The Morgan fingerprint density at radius 2 is 2.14 bits per heavy atom. The van der Waals surface area contributed by atoms with Crippen molar-refractivity contribution in [3.8, 4) is 0 Å². The third kappa shape index (κ3) is 2.73. The number of fused-ring (bicyclic) bond motifs is 1. The molecule has 0 unspecified atom stereocenters. The molecule has 1 aromatic carbocycles. The van der Waals surface area contributed by atoms with Crippen LogP contribution in [0.2, 0.25) is 0 Å². The van der Waals surface area contributed by atoms with Crippen molar-refractivity contribution < 1.29 is 4.79 Å². The molecule has 3 rings (SSSR count). The predicted molar refractivity (Wildman–Crippen MR) is 87.3 cm³/mol. The Hall–Kier alpha value is -2.40. The highest BCUT2D eigenvalue weighted by atomic mass is 79.9. The van der Waals surface area contributed by atoms with E-state index in [2.05, 4.69) is 25.9 Å². The fourth-order valence-electron chi connectivity index (χ4n) is 2.20. The predicted octanol–water partition coefficient (Wildman–Crippen LogP) is 3.35. The van der Waals surface area contributed by atoms with Gasteiger partial charge in [-0.05, 0) is 35.9 Å². The number of hydrogen-bond acceptors (Lipinski definition) is 2. The second kappa shape index (κ2) is 5.54. The van der Waals surface area contributed by atoms with Crippen molar-refractivity contribution in [1.29, 1.82) is 0 Å². The number of carbonyl (C=O) groups is 1. The molecule has 0 aliphatic rings.